The van der Waals surface area contributed by atoms with E-state index in [9.17, 15) is 9.59 Å². The number of rotatable bonds is 7. The van der Waals surface area contributed by atoms with E-state index in [1.54, 1.807) is 0 Å². The Morgan fingerprint density at radius 2 is 1.95 bits per heavy atom. The highest BCUT2D eigenvalue weighted by Gasteiger charge is 2.19. The van der Waals surface area contributed by atoms with Crippen LogP contribution in [0, 0.1) is 5.92 Å². The lowest BCUT2D eigenvalue weighted by molar-refractivity contribution is 0.131. The van der Waals surface area contributed by atoms with Crippen molar-refractivity contribution in [3.8, 4) is 0 Å². The van der Waals surface area contributed by atoms with Gasteiger partial charge in [0.25, 0.3) is 0 Å². The Balaban J connectivity index is 2.45. The van der Waals surface area contributed by atoms with Crippen molar-refractivity contribution >= 4 is 12.2 Å². The summed E-state index contributed by atoms with van der Waals surface area (Å²) in [7, 11) is 0. The Hall–Kier alpha value is -2.24. The fraction of sp³-hybridized carbons (Fsp3) is 0.467. The van der Waals surface area contributed by atoms with Gasteiger partial charge in [-0.3, -0.25) is 0 Å². The van der Waals surface area contributed by atoms with Gasteiger partial charge in [0.05, 0.1) is 6.04 Å². The number of alkyl carbamates (subject to hydrolysis) is 1. The number of ether oxygens (including phenoxy) is 1. The number of nitrogens with one attached hydrogen (secondary N) is 2. The molecule has 6 heteroatoms. The van der Waals surface area contributed by atoms with Crippen molar-refractivity contribution in [3.05, 3.63) is 35.9 Å². The molecule has 0 saturated heterocycles. The lowest BCUT2D eigenvalue weighted by Crippen LogP contribution is -2.47. The first-order valence-electron chi connectivity index (χ1n) is 6.97. The molecule has 1 unspecified atom stereocenters. The molecule has 21 heavy (non-hydrogen) atoms. The van der Waals surface area contributed by atoms with Gasteiger partial charge < -0.3 is 20.5 Å². The highest BCUT2D eigenvalue weighted by Crippen LogP contribution is 2.08. The van der Waals surface area contributed by atoms with Crippen LogP contribution in [-0.2, 0) is 11.3 Å². The molecule has 0 saturated carbocycles. The largest absolute Gasteiger partial charge is 0.465 e. The van der Waals surface area contributed by atoms with Crippen LogP contribution in [0.25, 0.3) is 0 Å². The molecule has 1 aromatic carbocycles. The Morgan fingerprint density at radius 1 is 1.29 bits per heavy atom. The number of carboxylic acid groups (broad SMARTS) is 1. The molecule has 0 aliphatic heterocycles. The molecule has 0 aliphatic carbocycles. The standard InChI is InChI=1S/C15H22N2O4/c1-3-11(2)13(9-16-14(18)19)17-15(20)21-10-12-7-5-4-6-8-12/h4-8,11,13,16H,3,9-10H2,1-2H3,(H,17,20)(H,18,19)/t11?,13-/m1/s1. The first-order chi connectivity index (χ1) is 10.0. The van der Waals surface area contributed by atoms with Gasteiger partial charge in [0.1, 0.15) is 6.61 Å². The van der Waals surface area contributed by atoms with E-state index in [-0.39, 0.29) is 25.1 Å². The third-order valence-electron chi connectivity index (χ3n) is 3.32. The van der Waals surface area contributed by atoms with E-state index in [1.165, 1.54) is 0 Å². The topological polar surface area (TPSA) is 87.7 Å². The Labute approximate surface area is 124 Å². The maximum Gasteiger partial charge on any atom is 0.407 e. The zero-order valence-electron chi connectivity index (χ0n) is 12.3. The summed E-state index contributed by atoms with van der Waals surface area (Å²) in [6.45, 7) is 4.28. The lowest BCUT2D eigenvalue weighted by atomic mass is 9.99. The molecule has 2 amide bonds. The smallest absolute Gasteiger partial charge is 0.407 e. The van der Waals surface area contributed by atoms with Crippen LogP contribution in [0.3, 0.4) is 0 Å². The van der Waals surface area contributed by atoms with Crippen LogP contribution in [-0.4, -0.2) is 29.9 Å². The van der Waals surface area contributed by atoms with Gasteiger partial charge in [-0.05, 0) is 11.5 Å². The molecule has 3 N–H and O–H groups in total. The average Bonchev–Trinajstić information content (AvgIpc) is 2.49. The second-order valence-corrected chi connectivity index (χ2v) is 4.88. The third kappa shape index (κ3) is 6.65. The minimum Gasteiger partial charge on any atom is -0.465 e. The van der Waals surface area contributed by atoms with Crippen molar-refractivity contribution < 1.29 is 19.4 Å². The molecule has 0 heterocycles. The molecule has 0 aromatic heterocycles. The molecule has 0 fully saturated rings. The monoisotopic (exact) mass is 294 g/mol. The molecule has 1 rings (SSSR count). The molecule has 1 aromatic rings. The first kappa shape index (κ1) is 16.8. The van der Waals surface area contributed by atoms with E-state index < -0.39 is 12.2 Å². The van der Waals surface area contributed by atoms with Crippen LogP contribution in [0.15, 0.2) is 30.3 Å². The van der Waals surface area contributed by atoms with Gasteiger partial charge in [0, 0.05) is 6.54 Å². The summed E-state index contributed by atoms with van der Waals surface area (Å²) >= 11 is 0. The van der Waals surface area contributed by atoms with Crippen molar-refractivity contribution in [1.82, 2.24) is 10.6 Å². The summed E-state index contributed by atoms with van der Waals surface area (Å²) < 4.78 is 5.13. The van der Waals surface area contributed by atoms with E-state index in [0.717, 1.165) is 12.0 Å². The van der Waals surface area contributed by atoms with Gasteiger partial charge in [0.2, 0.25) is 0 Å². The predicted octanol–water partition coefficient (Wildman–Crippen LogP) is 2.60. The minimum absolute atomic E-state index is 0.140. The van der Waals surface area contributed by atoms with Gasteiger partial charge in [-0.15, -0.1) is 0 Å². The Bertz CT molecular complexity index is 450. The van der Waals surface area contributed by atoms with Crippen LogP contribution >= 0.6 is 0 Å². The number of carbonyl (C=O) groups excluding carboxylic acids is 1. The molecule has 2 atom stereocenters. The van der Waals surface area contributed by atoms with Gasteiger partial charge in [-0.2, -0.15) is 0 Å². The van der Waals surface area contributed by atoms with E-state index in [1.807, 2.05) is 44.2 Å². The first-order valence-corrected chi connectivity index (χ1v) is 6.97. The molecule has 0 bridgehead atoms. The maximum absolute atomic E-state index is 11.8. The third-order valence-corrected chi connectivity index (χ3v) is 3.32. The summed E-state index contributed by atoms with van der Waals surface area (Å²) in [5, 5.41) is 13.6. The molecule has 6 nitrogen and oxygen atoms in total. The lowest BCUT2D eigenvalue weighted by Gasteiger charge is -2.23. The number of carbonyl (C=O) groups is 2. The summed E-state index contributed by atoms with van der Waals surface area (Å²) in [5.41, 5.74) is 0.899. The van der Waals surface area contributed by atoms with Crippen molar-refractivity contribution in [2.24, 2.45) is 5.92 Å². The van der Waals surface area contributed by atoms with Crippen molar-refractivity contribution in [2.45, 2.75) is 32.9 Å². The Morgan fingerprint density at radius 3 is 2.52 bits per heavy atom. The van der Waals surface area contributed by atoms with Gasteiger partial charge in [-0.1, -0.05) is 50.6 Å². The van der Waals surface area contributed by atoms with Crippen molar-refractivity contribution in [3.63, 3.8) is 0 Å². The second-order valence-electron chi connectivity index (χ2n) is 4.88. The van der Waals surface area contributed by atoms with Crippen LogP contribution < -0.4 is 10.6 Å². The van der Waals surface area contributed by atoms with E-state index in [0.29, 0.717) is 0 Å². The zero-order valence-corrected chi connectivity index (χ0v) is 12.3. The molecule has 0 radical (unpaired) electrons. The summed E-state index contributed by atoms with van der Waals surface area (Å²) in [6.07, 6.45) is -0.829. The minimum atomic E-state index is -1.11. The number of hydrogen-bond donors (Lipinski definition) is 3. The molecular weight excluding hydrogens is 272 g/mol. The van der Waals surface area contributed by atoms with Gasteiger partial charge in [-0.25, -0.2) is 9.59 Å². The van der Waals surface area contributed by atoms with E-state index in [4.69, 9.17) is 9.84 Å². The van der Waals surface area contributed by atoms with Gasteiger partial charge in [0.15, 0.2) is 0 Å². The van der Waals surface area contributed by atoms with Gasteiger partial charge >= 0.3 is 12.2 Å². The average molecular weight is 294 g/mol. The molecule has 0 aliphatic rings. The SMILES string of the molecule is CCC(C)[C@@H](CNC(=O)O)NC(=O)OCc1ccccc1. The fourth-order valence-corrected chi connectivity index (χ4v) is 1.79. The number of amides is 2. The van der Waals surface area contributed by atoms with E-state index >= 15 is 0 Å². The molecular formula is C15H22N2O4. The maximum atomic E-state index is 11.8. The van der Waals surface area contributed by atoms with Crippen LogP contribution in [0.2, 0.25) is 0 Å². The quantitative estimate of drug-likeness (QED) is 0.721. The van der Waals surface area contributed by atoms with Crippen molar-refractivity contribution in [2.75, 3.05) is 6.54 Å². The fourth-order valence-electron chi connectivity index (χ4n) is 1.79. The summed E-state index contributed by atoms with van der Waals surface area (Å²) in [5.74, 6) is 0.140. The summed E-state index contributed by atoms with van der Waals surface area (Å²) in [6, 6.07) is 9.07. The highest BCUT2D eigenvalue weighted by atomic mass is 16.5. The van der Waals surface area contributed by atoms with Crippen LogP contribution in [0.1, 0.15) is 25.8 Å². The number of hydrogen-bond acceptors (Lipinski definition) is 3. The molecule has 116 valence electrons. The second kappa shape index (κ2) is 8.84. The van der Waals surface area contributed by atoms with E-state index in [2.05, 4.69) is 10.6 Å². The molecule has 0 spiro atoms. The van der Waals surface area contributed by atoms with Crippen LogP contribution in [0.5, 0.6) is 0 Å². The van der Waals surface area contributed by atoms with Crippen molar-refractivity contribution in [1.29, 1.82) is 0 Å². The Kier molecular flexibility index (Phi) is 7.08. The predicted molar refractivity (Wildman–Crippen MR) is 79.0 cm³/mol. The summed E-state index contributed by atoms with van der Waals surface area (Å²) in [4.78, 5) is 22.3. The normalized spacial score (nSPS) is 13.0. The number of benzene rings is 1. The highest BCUT2D eigenvalue weighted by molar-refractivity contribution is 5.68. The van der Waals surface area contributed by atoms with Crippen LogP contribution in [0.4, 0.5) is 9.59 Å². The zero-order chi connectivity index (χ0) is 15.7.